The minimum Gasteiger partial charge on any atom is -0.497 e. The first-order chi connectivity index (χ1) is 14.1. The molecular formula is C23H26ClNO4. The number of hydrogen-bond donors (Lipinski definition) is 0. The second kappa shape index (κ2) is 9.70. The molecule has 6 heteroatoms. The maximum atomic E-state index is 12.9. The monoisotopic (exact) mass is 415 g/mol. The van der Waals surface area contributed by atoms with Gasteiger partial charge in [-0.05, 0) is 61.2 Å². The molecule has 0 aliphatic carbocycles. The largest absolute Gasteiger partial charge is 0.497 e. The Bertz CT molecular complexity index is 879. The van der Waals surface area contributed by atoms with Crippen molar-refractivity contribution in [1.82, 2.24) is 4.90 Å². The van der Waals surface area contributed by atoms with Crippen molar-refractivity contribution in [2.45, 2.75) is 25.8 Å². The van der Waals surface area contributed by atoms with Crippen molar-refractivity contribution in [2.24, 2.45) is 0 Å². The summed E-state index contributed by atoms with van der Waals surface area (Å²) in [6.45, 7) is 3.13. The van der Waals surface area contributed by atoms with Crippen LogP contribution in [0, 0.1) is 0 Å². The van der Waals surface area contributed by atoms with E-state index in [2.05, 4.69) is 0 Å². The lowest BCUT2D eigenvalue weighted by Gasteiger charge is -2.24. The Hall–Kier alpha value is -2.66. The van der Waals surface area contributed by atoms with Crippen molar-refractivity contribution in [2.75, 3.05) is 27.4 Å². The number of hydrogen-bond acceptors (Lipinski definition) is 4. The lowest BCUT2D eigenvalue weighted by atomic mass is 10.0. The average Bonchev–Trinajstić information content (AvgIpc) is 3.22. The number of nitrogens with zero attached hydrogens (tertiary/aromatic N) is 1. The molecule has 1 fully saturated rings. The molecule has 0 saturated carbocycles. The fourth-order valence-corrected chi connectivity index (χ4v) is 3.91. The molecule has 1 saturated heterocycles. The fourth-order valence-electron chi connectivity index (χ4n) is 3.61. The van der Waals surface area contributed by atoms with Crippen molar-refractivity contribution in [3.63, 3.8) is 0 Å². The molecule has 2 aromatic rings. The van der Waals surface area contributed by atoms with Crippen LogP contribution >= 0.6 is 11.6 Å². The highest BCUT2D eigenvalue weighted by Crippen LogP contribution is 2.37. The van der Waals surface area contributed by atoms with Gasteiger partial charge in [0, 0.05) is 12.6 Å². The maximum Gasteiger partial charge on any atom is 0.247 e. The first-order valence-corrected chi connectivity index (χ1v) is 10.1. The van der Waals surface area contributed by atoms with Gasteiger partial charge >= 0.3 is 0 Å². The standard InChI is InChI=1S/C23H26ClNO4/c1-4-29-21-15-16(14-19(24)23(21)28-3)7-12-22(26)25-13-5-6-20(25)17-8-10-18(27-2)11-9-17/h7-12,14-15,20H,4-6,13H2,1-3H3/b12-7+. The second-order valence-corrected chi connectivity index (χ2v) is 7.17. The van der Waals surface area contributed by atoms with E-state index in [9.17, 15) is 4.79 Å². The molecule has 1 atom stereocenters. The van der Waals surface area contributed by atoms with Crippen LogP contribution in [0.3, 0.4) is 0 Å². The highest BCUT2D eigenvalue weighted by molar-refractivity contribution is 6.32. The molecule has 154 valence electrons. The number of halogens is 1. The molecule has 5 nitrogen and oxygen atoms in total. The number of benzene rings is 2. The first-order valence-electron chi connectivity index (χ1n) is 9.70. The minimum absolute atomic E-state index is 0.0202. The van der Waals surface area contributed by atoms with E-state index in [4.69, 9.17) is 25.8 Å². The number of likely N-dealkylation sites (tertiary alicyclic amines) is 1. The quantitative estimate of drug-likeness (QED) is 0.588. The lowest BCUT2D eigenvalue weighted by Crippen LogP contribution is -2.28. The number of methoxy groups -OCH3 is 2. The Labute approximate surface area is 176 Å². The van der Waals surface area contributed by atoms with Crippen molar-refractivity contribution in [3.05, 3.63) is 58.6 Å². The van der Waals surface area contributed by atoms with E-state index in [1.165, 1.54) is 0 Å². The highest BCUT2D eigenvalue weighted by Gasteiger charge is 2.28. The van der Waals surface area contributed by atoms with Gasteiger partial charge in [0.1, 0.15) is 5.75 Å². The number of rotatable bonds is 7. The molecule has 3 rings (SSSR count). The topological polar surface area (TPSA) is 48.0 Å². The van der Waals surface area contributed by atoms with Crippen molar-refractivity contribution >= 4 is 23.6 Å². The molecule has 0 spiro atoms. The van der Waals surface area contributed by atoms with E-state index in [1.807, 2.05) is 42.2 Å². The van der Waals surface area contributed by atoms with E-state index in [1.54, 1.807) is 32.4 Å². The van der Waals surface area contributed by atoms with Crippen LogP contribution in [0.15, 0.2) is 42.5 Å². The summed E-state index contributed by atoms with van der Waals surface area (Å²) in [5.74, 6) is 1.85. The molecule has 0 radical (unpaired) electrons. The predicted octanol–water partition coefficient (Wildman–Crippen LogP) is 5.13. The smallest absolute Gasteiger partial charge is 0.247 e. The highest BCUT2D eigenvalue weighted by atomic mass is 35.5. The number of amides is 1. The third-order valence-corrected chi connectivity index (χ3v) is 5.27. The first kappa shape index (κ1) is 21.1. The molecule has 0 N–H and O–H groups in total. The Morgan fingerprint density at radius 1 is 1.21 bits per heavy atom. The Morgan fingerprint density at radius 3 is 2.62 bits per heavy atom. The molecule has 0 aromatic heterocycles. The summed E-state index contributed by atoms with van der Waals surface area (Å²) in [4.78, 5) is 14.8. The van der Waals surface area contributed by atoms with Gasteiger partial charge in [-0.15, -0.1) is 0 Å². The van der Waals surface area contributed by atoms with Gasteiger partial charge in [0.05, 0.1) is 31.9 Å². The second-order valence-electron chi connectivity index (χ2n) is 6.76. The predicted molar refractivity (Wildman–Crippen MR) is 115 cm³/mol. The summed E-state index contributed by atoms with van der Waals surface area (Å²) in [5, 5.41) is 0.447. The van der Waals surface area contributed by atoms with Crippen LogP contribution in [0.25, 0.3) is 6.08 Å². The third kappa shape index (κ3) is 4.85. The number of carbonyl (C=O) groups excluding carboxylic acids is 1. The van der Waals surface area contributed by atoms with Gasteiger partial charge in [-0.2, -0.15) is 0 Å². The van der Waals surface area contributed by atoms with Gasteiger partial charge in [-0.1, -0.05) is 23.7 Å². The normalized spacial score (nSPS) is 16.3. The summed E-state index contributed by atoms with van der Waals surface area (Å²) in [7, 11) is 3.20. The molecule has 29 heavy (non-hydrogen) atoms. The molecular weight excluding hydrogens is 390 g/mol. The van der Waals surface area contributed by atoms with Crippen molar-refractivity contribution in [3.8, 4) is 17.2 Å². The van der Waals surface area contributed by atoms with E-state index < -0.39 is 0 Å². The fraction of sp³-hybridized carbons (Fsp3) is 0.348. The van der Waals surface area contributed by atoms with E-state index in [-0.39, 0.29) is 11.9 Å². The zero-order valence-electron chi connectivity index (χ0n) is 17.0. The van der Waals surface area contributed by atoms with Crippen LogP contribution in [0.2, 0.25) is 5.02 Å². The summed E-state index contributed by atoms with van der Waals surface area (Å²) in [6.07, 6.45) is 5.29. The van der Waals surface area contributed by atoms with Crippen LogP contribution in [0.1, 0.15) is 36.9 Å². The molecule has 1 unspecified atom stereocenters. The molecule has 2 aromatic carbocycles. The maximum absolute atomic E-state index is 12.9. The minimum atomic E-state index is -0.0202. The third-order valence-electron chi connectivity index (χ3n) is 4.99. The van der Waals surface area contributed by atoms with Gasteiger partial charge in [-0.25, -0.2) is 0 Å². The van der Waals surface area contributed by atoms with Crippen LogP contribution in [-0.2, 0) is 4.79 Å². The zero-order valence-corrected chi connectivity index (χ0v) is 17.7. The van der Waals surface area contributed by atoms with Crippen LogP contribution in [0.4, 0.5) is 0 Å². The van der Waals surface area contributed by atoms with Gasteiger partial charge in [-0.3, -0.25) is 4.79 Å². The van der Waals surface area contributed by atoms with Gasteiger partial charge in [0.25, 0.3) is 0 Å². The molecule has 1 aliphatic rings. The molecule has 1 aliphatic heterocycles. The summed E-state index contributed by atoms with van der Waals surface area (Å²) >= 11 is 6.30. The Morgan fingerprint density at radius 2 is 1.97 bits per heavy atom. The van der Waals surface area contributed by atoms with E-state index in [0.717, 1.165) is 36.3 Å². The zero-order chi connectivity index (χ0) is 20.8. The SMILES string of the molecule is CCOc1cc(/C=C/C(=O)N2CCCC2c2ccc(OC)cc2)cc(Cl)c1OC. The number of carbonyl (C=O) groups is 1. The Kier molecular flexibility index (Phi) is 7.04. The van der Waals surface area contributed by atoms with Gasteiger partial charge in [0.15, 0.2) is 11.5 Å². The van der Waals surface area contributed by atoms with Crippen LogP contribution < -0.4 is 14.2 Å². The molecule has 1 heterocycles. The molecule has 0 bridgehead atoms. The van der Waals surface area contributed by atoms with E-state index in [0.29, 0.717) is 23.1 Å². The van der Waals surface area contributed by atoms with Gasteiger partial charge in [0.2, 0.25) is 5.91 Å². The summed E-state index contributed by atoms with van der Waals surface area (Å²) < 4.78 is 16.1. The summed E-state index contributed by atoms with van der Waals surface area (Å²) in [5.41, 5.74) is 1.91. The number of ether oxygens (including phenoxy) is 3. The van der Waals surface area contributed by atoms with Crippen LogP contribution in [0.5, 0.6) is 17.2 Å². The average molecular weight is 416 g/mol. The lowest BCUT2D eigenvalue weighted by molar-refractivity contribution is -0.126. The molecule has 1 amide bonds. The van der Waals surface area contributed by atoms with Crippen LogP contribution in [-0.4, -0.2) is 38.2 Å². The summed E-state index contributed by atoms with van der Waals surface area (Å²) in [6, 6.07) is 11.6. The van der Waals surface area contributed by atoms with Gasteiger partial charge < -0.3 is 19.1 Å². The van der Waals surface area contributed by atoms with Crippen molar-refractivity contribution < 1.29 is 19.0 Å². The van der Waals surface area contributed by atoms with Crippen molar-refractivity contribution in [1.29, 1.82) is 0 Å². The Balaban J connectivity index is 1.77. The van der Waals surface area contributed by atoms with E-state index >= 15 is 0 Å².